The molecule has 5 nitrogen and oxygen atoms in total. The molecular weight excluding hydrogens is 272 g/mol. The Balaban J connectivity index is 1.99. The first kappa shape index (κ1) is 13.6. The summed E-state index contributed by atoms with van der Waals surface area (Å²) in [6, 6.07) is 2.11. The zero-order chi connectivity index (χ0) is 13.1. The second kappa shape index (κ2) is 5.85. The number of aliphatic hydroxyl groups is 1. The molecule has 7 heteroatoms. The van der Waals surface area contributed by atoms with Gasteiger partial charge in [0.15, 0.2) is 5.15 Å². The van der Waals surface area contributed by atoms with Gasteiger partial charge in [-0.1, -0.05) is 11.6 Å². The quantitative estimate of drug-likeness (QED) is 0.904. The summed E-state index contributed by atoms with van der Waals surface area (Å²) >= 11 is 7.14. The van der Waals surface area contributed by atoms with E-state index in [4.69, 9.17) is 16.9 Å². The molecule has 2 rings (SSSR count). The zero-order valence-corrected chi connectivity index (χ0v) is 11.7. The molecule has 0 unspecified atom stereocenters. The molecule has 1 aromatic heterocycles. The molecule has 0 radical (unpaired) electrons. The van der Waals surface area contributed by atoms with Gasteiger partial charge < -0.3 is 10.0 Å². The number of piperazine rings is 1. The van der Waals surface area contributed by atoms with Crippen molar-refractivity contribution in [2.24, 2.45) is 0 Å². The summed E-state index contributed by atoms with van der Waals surface area (Å²) < 4.78 is 4.02. The van der Waals surface area contributed by atoms with E-state index >= 15 is 0 Å². The van der Waals surface area contributed by atoms with Crippen LogP contribution in [0.2, 0.25) is 5.15 Å². The Morgan fingerprint density at radius 2 is 2.17 bits per heavy atom. The van der Waals surface area contributed by atoms with Crippen LogP contribution in [0, 0.1) is 11.3 Å². The highest BCUT2D eigenvalue weighted by Gasteiger charge is 2.23. The highest BCUT2D eigenvalue weighted by molar-refractivity contribution is 7.10. The monoisotopic (exact) mass is 286 g/mol. The van der Waals surface area contributed by atoms with E-state index in [0.717, 1.165) is 31.2 Å². The molecule has 1 N–H and O–H groups in total. The number of hydrogen-bond donors (Lipinski definition) is 1. The van der Waals surface area contributed by atoms with Crippen molar-refractivity contribution >= 4 is 28.1 Å². The molecule has 0 bridgehead atoms. The van der Waals surface area contributed by atoms with Crippen LogP contribution in [-0.2, 0) is 0 Å². The summed E-state index contributed by atoms with van der Waals surface area (Å²) in [6.45, 7) is 5.92. The minimum absolute atomic E-state index is 0.295. The van der Waals surface area contributed by atoms with Crippen molar-refractivity contribution in [2.75, 3.05) is 37.6 Å². The zero-order valence-electron chi connectivity index (χ0n) is 10.1. The molecule has 0 aliphatic carbocycles. The van der Waals surface area contributed by atoms with Crippen LogP contribution in [0.15, 0.2) is 0 Å². The number of rotatable bonds is 3. The third kappa shape index (κ3) is 2.93. The number of β-amino-alcohol motifs (C(OH)–C–C–N with tert-alkyl or cyclic N) is 1. The first-order valence-corrected chi connectivity index (χ1v) is 6.97. The minimum Gasteiger partial charge on any atom is -0.392 e. The predicted molar refractivity (Wildman–Crippen MR) is 72.2 cm³/mol. The van der Waals surface area contributed by atoms with Crippen LogP contribution >= 0.6 is 23.1 Å². The third-order valence-corrected chi connectivity index (χ3v) is 4.21. The SMILES string of the molecule is C[C@@H](O)CN1CCN(c2snc(Cl)c2C#N)CC1. The van der Waals surface area contributed by atoms with Gasteiger partial charge in [0.2, 0.25) is 0 Å². The van der Waals surface area contributed by atoms with Crippen LogP contribution in [0.5, 0.6) is 0 Å². The number of nitriles is 1. The average Bonchev–Trinajstić information content (AvgIpc) is 2.70. The molecular formula is C11H15ClN4OS. The van der Waals surface area contributed by atoms with Crippen LogP contribution in [0.1, 0.15) is 12.5 Å². The lowest BCUT2D eigenvalue weighted by Crippen LogP contribution is -2.48. The summed E-state index contributed by atoms with van der Waals surface area (Å²) in [5, 5.41) is 19.6. The Morgan fingerprint density at radius 3 is 2.72 bits per heavy atom. The van der Waals surface area contributed by atoms with Crippen molar-refractivity contribution in [3.8, 4) is 6.07 Å². The lowest BCUT2D eigenvalue weighted by molar-refractivity contribution is 0.123. The maximum absolute atomic E-state index is 9.35. The van der Waals surface area contributed by atoms with Crippen LogP contribution in [0.25, 0.3) is 0 Å². The van der Waals surface area contributed by atoms with Gasteiger partial charge in [-0.25, -0.2) is 0 Å². The Labute approximate surface area is 115 Å². The number of aliphatic hydroxyl groups excluding tert-OH is 1. The Bertz CT molecular complexity index is 448. The Kier molecular flexibility index (Phi) is 4.40. The number of aromatic nitrogens is 1. The smallest absolute Gasteiger partial charge is 0.162 e. The van der Waals surface area contributed by atoms with Crippen molar-refractivity contribution in [3.05, 3.63) is 10.7 Å². The maximum Gasteiger partial charge on any atom is 0.162 e. The molecule has 18 heavy (non-hydrogen) atoms. The van der Waals surface area contributed by atoms with Gasteiger partial charge in [-0.05, 0) is 18.5 Å². The van der Waals surface area contributed by atoms with E-state index in [-0.39, 0.29) is 6.10 Å². The van der Waals surface area contributed by atoms with Gasteiger partial charge in [0.05, 0.1) is 6.10 Å². The fourth-order valence-electron chi connectivity index (χ4n) is 2.08. The lowest BCUT2D eigenvalue weighted by Gasteiger charge is -2.35. The van der Waals surface area contributed by atoms with Crippen molar-refractivity contribution in [3.63, 3.8) is 0 Å². The highest BCUT2D eigenvalue weighted by Crippen LogP contribution is 2.31. The molecule has 0 amide bonds. The van der Waals surface area contributed by atoms with Crippen LogP contribution in [0.3, 0.4) is 0 Å². The predicted octanol–water partition coefficient (Wildman–Crippen LogP) is 1.17. The fourth-order valence-corrected chi connectivity index (χ4v) is 3.16. The normalized spacial score (nSPS) is 18.7. The van der Waals surface area contributed by atoms with Gasteiger partial charge in [-0.3, -0.25) is 4.90 Å². The summed E-state index contributed by atoms with van der Waals surface area (Å²) in [5.41, 5.74) is 0.477. The van der Waals surface area contributed by atoms with Crippen LogP contribution < -0.4 is 4.90 Å². The molecule has 1 aliphatic heterocycles. The van der Waals surface area contributed by atoms with Gasteiger partial charge in [-0.2, -0.15) is 9.64 Å². The van der Waals surface area contributed by atoms with E-state index in [1.807, 2.05) is 0 Å². The van der Waals surface area contributed by atoms with Gasteiger partial charge in [-0.15, -0.1) is 0 Å². The molecule has 1 fully saturated rings. The third-order valence-electron chi connectivity index (χ3n) is 2.93. The van der Waals surface area contributed by atoms with E-state index in [9.17, 15) is 5.11 Å². The first-order chi connectivity index (χ1) is 8.61. The molecule has 1 atom stereocenters. The summed E-state index contributed by atoms with van der Waals surface area (Å²) in [5.74, 6) is 0. The van der Waals surface area contributed by atoms with E-state index in [0.29, 0.717) is 17.3 Å². The van der Waals surface area contributed by atoms with Gasteiger partial charge >= 0.3 is 0 Å². The number of nitrogens with zero attached hydrogens (tertiary/aromatic N) is 4. The minimum atomic E-state index is -0.302. The van der Waals surface area contributed by atoms with Crippen molar-refractivity contribution in [1.82, 2.24) is 9.27 Å². The topological polar surface area (TPSA) is 63.4 Å². The lowest BCUT2D eigenvalue weighted by atomic mass is 10.2. The number of hydrogen-bond acceptors (Lipinski definition) is 6. The Morgan fingerprint density at radius 1 is 1.50 bits per heavy atom. The summed E-state index contributed by atoms with van der Waals surface area (Å²) in [7, 11) is 0. The van der Waals surface area contributed by atoms with Crippen molar-refractivity contribution in [2.45, 2.75) is 13.0 Å². The molecule has 98 valence electrons. The van der Waals surface area contributed by atoms with Crippen LogP contribution in [0.4, 0.5) is 5.00 Å². The fraction of sp³-hybridized carbons (Fsp3) is 0.636. The van der Waals surface area contributed by atoms with E-state index < -0.39 is 0 Å². The molecule has 1 aliphatic rings. The van der Waals surface area contributed by atoms with Crippen LogP contribution in [-0.4, -0.2) is 53.2 Å². The molecule has 2 heterocycles. The van der Waals surface area contributed by atoms with Crippen molar-refractivity contribution < 1.29 is 5.11 Å². The molecule has 0 spiro atoms. The van der Waals surface area contributed by atoms with Gasteiger partial charge in [0.25, 0.3) is 0 Å². The highest BCUT2D eigenvalue weighted by atomic mass is 35.5. The van der Waals surface area contributed by atoms with Crippen molar-refractivity contribution in [1.29, 1.82) is 5.26 Å². The maximum atomic E-state index is 9.35. The Hall–Kier alpha value is -0.870. The van der Waals surface area contributed by atoms with Gasteiger partial charge in [0.1, 0.15) is 16.6 Å². The van der Waals surface area contributed by atoms with E-state index in [1.54, 1.807) is 6.92 Å². The second-order valence-electron chi connectivity index (χ2n) is 4.40. The molecule has 0 aromatic carbocycles. The summed E-state index contributed by atoms with van der Waals surface area (Å²) in [6.07, 6.45) is -0.302. The first-order valence-electron chi connectivity index (χ1n) is 5.82. The summed E-state index contributed by atoms with van der Waals surface area (Å²) in [4.78, 5) is 4.36. The molecule has 1 aromatic rings. The molecule has 0 saturated carbocycles. The number of anilines is 1. The second-order valence-corrected chi connectivity index (χ2v) is 5.51. The largest absolute Gasteiger partial charge is 0.392 e. The standard InChI is InChI=1S/C11H15ClN4OS/c1-8(17)7-15-2-4-16(5-3-15)11-9(6-13)10(12)14-18-11/h8,17H,2-5,7H2,1H3/t8-/m1/s1. The number of halogens is 1. The average molecular weight is 287 g/mol. The van der Waals surface area contributed by atoms with Gasteiger partial charge in [0, 0.05) is 32.7 Å². The van der Waals surface area contributed by atoms with E-state index in [2.05, 4.69) is 20.2 Å². The molecule has 1 saturated heterocycles. The van der Waals surface area contributed by atoms with E-state index in [1.165, 1.54) is 11.5 Å².